The van der Waals surface area contributed by atoms with Gasteiger partial charge in [0.15, 0.2) is 0 Å². The summed E-state index contributed by atoms with van der Waals surface area (Å²) in [7, 11) is -3.20. The molecule has 3 aromatic rings. The summed E-state index contributed by atoms with van der Waals surface area (Å²) in [6.45, 7) is 0. The Morgan fingerprint density at radius 2 is 1.41 bits per heavy atom. The Balaban J connectivity index is 1.89. The zero-order valence-electron chi connectivity index (χ0n) is 15.0. The van der Waals surface area contributed by atoms with Crippen LogP contribution in [-0.2, 0) is 16.5 Å². The van der Waals surface area contributed by atoms with E-state index in [1.807, 2.05) is 78.9 Å². The molecule has 0 aromatic heterocycles. The first-order chi connectivity index (χ1) is 13.2. The summed E-state index contributed by atoms with van der Waals surface area (Å²) in [5.41, 5.74) is 1.15. The van der Waals surface area contributed by atoms with E-state index in [1.165, 1.54) is 0 Å². The van der Waals surface area contributed by atoms with Gasteiger partial charge in [0.25, 0.3) is 0 Å². The Bertz CT molecular complexity index is 984. The summed E-state index contributed by atoms with van der Waals surface area (Å²) in [4.78, 5) is 0. The van der Waals surface area contributed by atoms with Gasteiger partial charge in [-0.25, -0.2) is 5.09 Å². The number of nitriles is 1. The molecule has 0 heterocycles. The molecule has 1 aliphatic rings. The van der Waals surface area contributed by atoms with Gasteiger partial charge in [-0.3, -0.25) is 4.57 Å². The monoisotopic (exact) mass is 372 g/mol. The van der Waals surface area contributed by atoms with Gasteiger partial charge in [0, 0.05) is 10.6 Å². The molecule has 1 N–H and O–H groups in total. The predicted octanol–water partition coefficient (Wildman–Crippen LogP) is 4.26. The van der Waals surface area contributed by atoms with Gasteiger partial charge in [0.2, 0.25) is 7.29 Å². The van der Waals surface area contributed by atoms with Crippen LogP contribution >= 0.6 is 7.29 Å². The lowest BCUT2D eigenvalue weighted by Gasteiger charge is -2.37. The minimum atomic E-state index is -3.20. The lowest BCUT2D eigenvalue weighted by molar-refractivity contribution is 0.425. The summed E-state index contributed by atoms with van der Waals surface area (Å²) in [5, 5.41) is 15.0. The van der Waals surface area contributed by atoms with Crippen LogP contribution in [0.25, 0.3) is 0 Å². The van der Waals surface area contributed by atoms with Crippen molar-refractivity contribution in [3.63, 3.8) is 0 Å². The van der Waals surface area contributed by atoms with Crippen molar-refractivity contribution in [2.24, 2.45) is 0 Å². The topological polar surface area (TPSA) is 52.9 Å². The third kappa shape index (κ3) is 3.12. The van der Waals surface area contributed by atoms with E-state index in [0.29, 0.717) is 17.0 Å². The van der Waals surface area contributed by atoms with E-state index in [-0.39, 0.29) is 0 Å². The highest BCUT2D eigenvalue weighted by molar-refractivity contribution is 7.77. The molecule has 0 spiro atoms. The molecule has 4 heteroatoms. The Kier molecular flexibility index (Phi) is 4.70. The summed E-state index contributed by atoms with van der Waals surface area (Å²) in [6, 6.07) is 29.4. The van der Waals surface area contributed by atoms with Crippen molar-refractivity contribution < 1.29 is 4.57 Å². The summed E-state index contributed by atoms with van der Waals surface area (Å²) in [6.07, 6.45) is 2.48. The standard InChI is InChI=1S/C23H21N2OP/c24-18-23(17-9-11-19-10-7-8-16-22(19)23)25-27(26,20-12-3-1-4-13-20)21-14-5-2-6-15-21/h1-8,10,12-16H,9,11,17H2,(H,25,26)/t23-/m0/s1. The Labute approximate surface area is 160 Å². The molecule has 0 saturated heterocycles. The molecule has 3 nitrogen and oxygen atoms in total. The number of benzene rings is 3. The predicted molar refractivity (Wildman–Crippen MR) is 110 cm³/mol. The van der Waals surface area contributed by atoms with Crippen LogP contribution in [-0.4, -0.2) is 0 Å². The highest BCUT2D eigenvalue weighted by atomic mass is 31.2. The van der Waals surface area contributed by atoms with Crippen LogP contribution in [0.2, 0.25) is 0 Å². The van der Waals surface area contributed by atoms with Crippen molar-refractivity contribution in [3.05, 3.63) is 96.1 Å². The first-order valence-corrected chi connectivity index (χ1v) is 10.9. The molecule has 134 valence electrons. The highest BCUT2D eigenvalue weighted by Crippen LogP contribution is 2.47. The van der Waals surface area contributed by atoms with Gasteiger partial charge in [-0.15, -0.1) is 0 Å². The van der Waals surface area contributed by atoms with Gasteiger partial charge in [-0.2, -0.15) is 5.26 Å². The van der Waals surface area contributed by atoms with Crippen LogP contribution in [0.3, 0.4) is 0 Å². The molecule has 0 unspecified atom stereocenters. The van der Waals surface area contributed by atoms with Crippen molar-refractivity contribution in [1.82, 2.24) is 5.09 Å². The van der Waals surface area contributed by atoms with E-state index in [4.69, 9.17) is 0 Å². The van der Waals surface area contributed by atoms with Crippen LogP contribution in [0.4, 0.5) is 0 Å². The van der Waals surface area contributed by atoms with Gasteiger partial charge in [-0.1, -0.05) is 60.7 Å². The molecule has 0 amide bonds. The molecule has 0 bridgehead atoms. The first-order valence-electron chi connectivity index (χ1n) is 9.18. The Morgan fingerprint density at radius 1 is 0.852 bits per heavy atom. The fourth-order valence-electron chi connectivity index (χ4n) is 3.91. The Morgan fingerprint density at radius 3 is 2.00 bits per heavy atom. The number of aryl methyl sites for hydroxylation is 1. The van der Waals surface area contributed by atoms with Gasteiger partial charge in [0.05, 0.1) is 6.07 Å². The summed E-state index contributed by atoms with van der Waals surface area (Å²) < 4.78 is 14.4. The van der Waals surface area contributed by atoms with Gasteiger partial charge < -0.3 is 0 Å². The molecule has 1 atom stereocenters. The zero-order chi connectivity index (χ0) is 18.7. The number of hydrogen-bond donors (Lipinski definition) is 1. The molecular weight excluding hydrogens is 351 g/mol. The van der Waals surface area contributed by atoms with Crippen LogP contribution in [0.5, 0.6) is 0 Å². The molecule has 3 aromatic carbocycles. The number of hydrogen-bond acceptors (Lipinski definition) is 2. The van der Waals surface area contributed by atoms with E-state index < -0.39 is 12.8 Å². The van der Waals surface area contributed by atoms with Crippen LogP contribution < -0.4 is 15.7 Å². The lowest BCUT2D eigenvalue weighted by Crippen LogP contribution is -2.45. The normalized spacial score (nSPS) is 19.1. The van der Waals surface area contributed by atoms with Crippen molar-refractivity contribution in [3.8, 4) is 6.07 Å². The fourth-order valence-corrected chi connectivity index (χ4v) is 6.47. The first kappa shape index (κ1) is 17.7. The fraction of sp³-hybridized carbons (Fsp3) is 0.174. The van der Waals surface area contributed by atoms with E-state index >= 15 is 0 Å². The van der Waals surface area contributed by atoms with E-state index in [1.54, 1.807) is 0 Å². The molecule has 27 heavy (non-hydrogen) atoms. The molecular formula is C23H21N2OP. The third-order valence-electron chi connectivity index (χ3n) is 5.25. The minimum Gasteiger partial charge on any atom is -0.296 e. The highest BCUT2D eigenvalue weighted by Gasteiger charge is 2.43. The molecule has 0 saturated carbocycles. The number of nitrogens with one attached hydrogen (secondary N) is 1. The minimum absolute atomic E-state index is 0.643. The van der Waals surface area contributed by atoms with Gasteiger partial charge in [0.1, 0.15) is 5.54 Å². The lowest BCUT2D eigenvalue weighted by atomic mass is 9.78. The molecule has 0 radical (unpaired) electrons. The van der Waals surface area contributed by atoms with Crippen molar-refractivity contribution in [1.29, 1.82) is 5.26 Å². The largest absolute Gasteiger partial charge is 0.296 e. The smallest absolute Gasteiger partial charge is 0.206 e. The summed E-state index contributed by atoms with van der Waals surface area (Å²) >= 11 is 0. The second-order valence-electron chi connectivity index (χ2n) is 6.92. The average Bonchev–Trinajstić information content (AvgIpc) is 2.75. The van der Waals surface area contributed by atoms with Crippen LogP contribution in [0, 0.1) is 11.3 Å². The van der Waals surface area contributed by atoms with Crippen molar-refractivity contribution >= 4 is 17.9 Å². The van der Waals surface area contributed by atoms with Crippen molar-refractivity contribution in [2.45, 2.75) is 24.8 Å². The van der Waals surface area contributed by atoms with Crippen LogP contribution in [0.15, 0.2) is 84.9 Å². The maximum atomic E-state index is 14.4. The number of nitrogens with zero attached hydrogens (tertiary/aromatic N) is 1. The van der Waals surface area contributed by atoms with Crippen molar-refractivity contribution in [2.75, 3.05) is 0 Å². The molecule has 1 aliphatic carbocycles. The SMILES string of the molecule is N#C[C@@]1(NP(=O)(c2ccccc2)c2ccccc2)CCCc2ccccc21. The molecule has 0 aliphatic heterocycles. The van der Waals surface area contributed by atoms with E-state index in [2.05, 4.69) is 17.2 Å². The zero-order valence-corrected chi connectivity index (χ0v) is 15.9. The Hall–Kier alpha value is -2.66. The average molecular weight is 372 g/mol. The van der Waals surface area contributed by atoms with E-state index in [9.17, 15) is 9.83 Å². The quantitative estimate of drug-likeness (QED) is 0.696. The third-order valence-corrected chi connectivity index (χ3v) is 8.00. The summed E-state index contributed by atoms with van der Waals surface area (Å²) in [5.74, 6) is 0. The van der Waals surface area contributed by atoms with Gasteiger partial charge in [-0.05, 0) is 54.7 Å². The van der Waals surface area contributed by atoms with Gasteiger partial charge >= 0.3 is 0 Å². The van der Waals surface area contributed by atoms with E-state index in [0.717, 1.165) is 24.0 Å². The molecule has 0 fully saturated rings. The molecule has 4 rings (SSSR count). The number of fused-ring (bicyclic) bond motifs is 1. The maximum Gasteiger partial charge on any atom is 0.206 e. The van der Waals surface area contributed by atoms with Crippen LogP contribution in [0.1, 0.15) is 24.0 Å². The maximum absolute atomic E-state index is 14.4. The second-order valence-corrected chi connectivity index (χ2v) is 9.39. The number of rotatable bonds is 4. The second kappa shape index (κ2) is 7.16.